The largest absolute Gasteiger partial charge is 0.491 e. The number of rotatable bonds is 10. The van der Waals surface area contributed by atoms with Crippen LogP contribution >= 0.6 is 0 Å². The maximum absolute atomic E-state index is 13.0. The second kappa shape index (κ2) is 11.1. The van der Waals surface area contributed by atoms with E-state index in [9.17, 15) is 9.90 Å². The lowest BCUT2D eigenvalue weighted by atomic mass is 10.1. The molecule has 0 fully saturated rings. The Hall–Kier alpha value is -3.77. The topological polar surface area (TPSA) is 72.7 Å². The van der Waals surface area contributed by atoms with Crippen LogP contribution in [-0.2, 0) is 4.74 Å². The Bertz CT molecular complexity index is 1300. The molecule has 0 amide bonds. The zero-order valence-electron chi connectivity index (χ0n) is 20.5. The molecule has 0 saturated heterocycles. The van der Waals surface area contributed by atoms with Crippen LogP contribution in [0.25, 0.3) is 16.6 Å². The average molecular weight is 473 g/mol. The fraction of sp³-hybridized carbons (Fsp3) is 0.276. The van der Waals surface area contributed by atoms with Gasteiger partial charge in [-0.15, -0.1) is 0 Å². The van der Waals surface area contributed by atoms with Gasteiger partial charge in [-0.05, 0) is 62.2 Å². The summed E-state index contributed by atoms with van der Waals surface area (Å²) in [5, 5.41) is 14.3. The molecule has 2 N–H and O–H groups in total. The van der Waals surface area contributed by atoms with Crippen molar-refractivity contribution in [2.24, 2.45) is 0 Å². The third kappa shape index (κ3) is 5.49. The molecule has 1 atom stereocenters. The minimum atomic E-state index is -0.696. The summed E-state index contributed by atoms with van der Waals surface area (Å²) in [5.41, 5.74) is 5.32. The zero-order chi connectivity index (χ0) is 24.8. The predicted octanol–water partition coefficient (Wildman–Crippen LogP) is 5.67. The van der Waals surface area contributed by atoms with Crippen molar-refractivity contribution in [2.75, 3.05) is 25.1 Å². The maximum atomic E-state index is 13.0. The number of nitrogens with zero attached hydrogens (tertiary/aromatic N) is 1. The second-order valence-corrected chi connectivity index (χ2v) is 8.61. The minimum Gasteiger partial charge on any atom is -0.491 e. The highest BCUT2D eigenvalue weighted by Crippen LogP contribution is 2.33. The van der Waals surface area contributed by atoms with Crippen LogP contribution in [0.4, 0.5) is 5.69 Å². The summed E-state index contributed by atoms with van der Waals surface area (Å²) in [6.07, 6.45) is 0.0583. The summed E-state index contributed by atoms with van der Waals surface area (Å²) in [6.45, 7) is 6.82. The summed E-state index contributed by atoms with van der Waals surface area (Å²) >= 11 is 0. The molecular formula is C29H32N2O4. The van der Waals surface area contributed by atoms with E-state index in [2.05, 4.69) is 22.9 Å². The van der Waals surface area contributed by atoms with Crippen molar-refractivity contribution >= 4 is 22.6 Å². The van der Waals surface area contributed by atoms with Crippen LogP contribution in [0.2, 0.25) is 0 Å². The van der Waals surface area contributed by atoms with Crippen LogP contribution in [0.15, 0.2) is 72.8 Å². The molecule has 182 valence electrons. The molecule has 6 nitrogen and oxygen atoms in total. The molecule has 4 rings (SSSR count). The molecule has 1 heterocycles. The zero-order valence-corrected chi connectivity index (χ0v) is 20.5. The average Bonchev–Trinajstić information content (AvgIpc) is 3.16. The first kappa shape index (κ1) is 24.4. The number of nitrogens with one attached hydrogen (secondary N) is 1. The number of esters is 1. The number of aryl methyl sites for hydroxylation is 1. The molecule has 0 radical (unpaired) electrons. The number of anilines is 1. The van der Waals surface area contributed by atoms with E-state index < -0.39 is 6.10 Å². The van der Waals surface area contributed by atoms with Gasteiger partial charge in [-0.2, -0.15) is 0 Å². The number of ether oxygens (including phenoxy) is 2. The van der Waals surface area contributed by atoms with Gasteiger partial charge in [0.2, 0.25) is 0 Å². The molecule has 0 bridgehead atoms. The van der Waals surface area contributed by atoms with Crippen LogP contribution in [0.3, 0.4) is 0 Å². The number of aliphatic hydroxyl groups excluding tert-OH is 1. The van der Waals surface area contributed by atoms with Gasteiger partial charge < -0.3 is 24.5 Å². The van der Waals surface area contributed by atoms with Gasteiger partial charge in [0.1, 0.15) is 18.5 Å². The van der Waals surface area contributed by atoms with Gasteiger partial charge in [-0.3, -0.25) is 0 Å². The van der Waals surface area contributed by atoms with Gasteiger partial charge in [0.25, 0.3) is 0 Å². The third-order valence-electron chi connectivity index (χ3n) is 5.93. The molecule has 0 aliphatic heterocycles. The van der Waals surface area contributed by atoms with E-state index in [4.69, 9.17) is 9.47 Å². The summed E-state index contributed by atoms with van der Waals surface area (Å²) in [4.78, 5) is 13.0. The number of benzene rings is 3. The lowest BCUT2D eigenvalue weighted by Crippen LogP contribution is -2.26. The number of fused-ring (bicyclic) bond motifs is 1. The van der Waals surface area contributed by atoms with E-state index in [1.54, 1.807) is 0 Å². The van der Waals surface area contributed by atoms with E-state index >= 15 is 0 Å². The Kier molecular flexibility index (Phi) is 7.73. The molecule has 6 heteroatoms. The van der Waals surface area contributed by atoms with E-state index in [0.717, 1.165) is 40.0 Å². The highest BCUT2D eigenvalue weighted by atomic mass is 16.5. The van der Waals surface area contributed by atoms with Crippen molar-refractivity contribution in [1.29, 1.82) is 0 Å². The molecule has 3 aromatic carbocycles. The van der Waals surface area contributed by atoms with Gasteiger partial charge >= 0.3 is 5.97 Å². The Balaban J connectivity index is 1.61. The molecule has 0 aliphatic carbocycles. The number of aliphatic hydroxyl groups is 1. The van der Waals surface area contributed by atoms with Gasteiger partial charge in [-0.25, -0.2) is 4.79 Å². The third-order valence-corrected chi connectivity index (χ3v) is 5.93. The summed E-state index contributed by atoms with van der Waals surface area (Å²) in [7, 11) is 0. The summed E-state index contributed by atoms with van der Waals surface area (Å²) in [5.74, 6) is 0.244. The van der Waals surface area contributed by atoms with E-state index in [1.807, 2.05) is 80.6 Å². The molecule has 0 spiro atoms. The quantitative estimate of drug-likeness (QED) is 0.291. The first-order chi connectivity index (χ1) is 17.0. The van der Waals surface area contributed by atoms with Crippen LogP contribution in [0, 0.1) is 13.8 Å². The van der Waals surface area contributed by atoms with E-state index in [-0.39, 0.29) is 12.6 Å². The monoisotopic (exact) mass is 472 g/mol. The fourth-order valence-corrected chi connectivity index (χ4v) is 4.18. The van der Waals surface area contributed by atoms with Crippen molar-refractivity contribution in [3.8, 4) is 11.4 Å². The second-order valence-electron chi connectivity index (χ2n) is 8.61. The van der Waals surface area contributed by atoms with Crippen molar-refractivity contribution in [3.05, 3.63) is 89.6 Å². The Morgan fingerprint density at radius 3 is 2.51 bits per heavy atom. The summed E-state index contributed by atoms with van der Waals surface area (Å²) < 4.78 is 13.5. The first-order valence-electron chi connectivity index (χ1n) is 12.0. The van der Waals surface area contributed by atoms with Gasteiger partial charge in [0.05, 0.1) is 17.7 Å². The molecule has 0 saturated carbocycles. The Morgan fingerprint density at radius 1 is 1.03 bits per heavy atom. The number of hydrogen-bond acceptors (Lipinski definition) is 5. The van der Waals surface area contributed by atoms with Gasteiger partial charge in [-0.1, -0.05) is 43.3 Å². The lowest BCUT2D eigenvalue weighted by molar-refractivity contribution is 0.0506. The Labute approximate surface area is 206 Å². The molecule has 4 aromatic rings. The predicted molar refractivity (Wildman–Crippen MR) is 140 cm³/mol. The number of hydrogen-bond donors (Lipinski definition) is 2. The number of para-hydroxylation sites is 2. The highest BCUT2D eigenvalue weighted by Gasteiger charge is 2.23. The standard InChI is InChI=1S/C29H32N2O4/c1-4-16-34-29(33)28-21(3)31(26-13-9-8-10-20(26)2)27-15-14-24(17-25(27)28)35-19-23(32)18-30-22-11-6-5-7-12-22/h5-15,17,23,30,32H,4,16,18-19H2,1-3H3/t23-/m1/s1. The molecule has 35 heavy (non-hydrogen) atoms. The molecule has 0 aliphatic rings. The van der Waals surface area contributed by atoms with Crippen LogP contribution in [0.1, 0.15) is 35.0 Å². The number of carbonyl (C=O) groups is 1. The lowest BCUT2D eigenvalue weighted by Gasteiger charge is -2.14. The maximum Gasteiger partial charge on any atom is 0.340 e. The smallest absolute Gasteiger partial charge is 0.340 e. The van der Waals surface area contributed by atoms with E-state index in [0.29, 0.717) is 24.5 Å². The van der Waals surface area contributed by atoms with Crippen molar-refractivity contribution in [2.45, 2.75) is 33.3 Å². The molecular weight excluding hydrogens is 440 g/mol. The van der Waals surface area contributed by atoms with Crippen LogP contribution in [-0.4, -0.2) is 41.5 Å². The van der Waals surface area contributed by atoms with E-state index in [1.165, 1.54) is 0 Å². The molecule has 0 unspecified atom stereocenters. The van der Waals surface area contributed by atoms with Crippen molar-refractivity contribution < 1.29 is 19.4 Å². The number of carbonyl (C=O) groups excluding carboxylic acids is 1. The molecule has 1 aromatic heterocycles. The summed E-state index contributed by atoms with van der Waals surface area (Å²) in [6, 6.07) is 23.5. The SMILES string of the molecule is CCCOC(=O)c1c(C)n(-c2ccccc2C)c2ccc(OC[C@H](O)CNc3ccccc3)cc12. The van der Waals surface area contributed by atoms with Gasteiger partial charge in [0, 0.05) is 29.0 Å². The number of aromatic nitrogens is 1. The fourth-order valence-electron chi connectivity index (χ4n) is 4.18. The van der Waals surface area contributed by atoms with Crippen LogP contribution in [0.5, 0.6) is 5.75 Å². The minimum absolute atomic E-state index is 0.123. The van der Waals surface area contributed by atoms with Crippen molar-refractivity contribution in [3.63, 3.8) is 0 Å². The van der Waals surface area contributed by atoms with Crippen molar-refractivity contribution in [1.82, 2.24) is 4.57 Å². The Morgan fingerprint density at radius 2 is 1.77 bits per heavy atom. The van der Waals surface area contributed by atoms with Gasteiger partial charge in [0.15, 0.2) is 0 Å². The normalized spacial score (nSPS) is 11.9. The highest BCUT2D eigenvalue weighted by molar-refractivity contribution is 6.07. The first-order valence-corrected chi connectivity index (χ1v) is 12.0. The van der Waals surface area contributed by atoms with Crippen LogP contribution < -0.4 is 10.1 Å².